The van der Waals surface area contributed by atoms with Crippen molar-refractivity contribution in [3.63, 3.8) is 0 Å². The summed E-state index contributed by atoms with van der Waals surface area (Å²) in [6.07, 6.45) is 3.38. The van der Waals surface area contributed by atoms with Crippen LogP contribution in [-0.4, -0.2) is 25.0 Å². The first kappa shape index (κ1) is 15.8. The van der Waals surface area contributed by atoms with Crippen LogP contribution in [0.15, 0.2) is 29.8 Å². The van der Waals surface area contributed by atoms with Crippen molar-refractivity contribution >= 4 is 17.8 Å². The van der Waals surface area contributed by atoms with E-state index in [1.54, 1.807) is 31.4 Å². The molecule has 5 nitrogen and oxygen atoms in total. The van der Waals surface area contributed by atoms with E-state index in [0.717, 1.165) is 12.8 Å². The van der Waals surface area contributed by atoms with Crippen LogP contribution in [0, 0.1) is 11.3 Å². The van der Waals surface area contributed by atoms with Gasteiger partial charge in [0.15, 0.2) is 11.9 Å². The third kappa shape index (κ3) is 3.95. The molecular weight excluding hydrogens is 282 g/mol. The van der Waals surface area contributed by atoms with Gasteiger partial charge >= 0.3 is 5.97 Å². The van der Waals surface area contributed by atoms with E-state index in [4.69, 9.17) is 14.7 Å². The summed E-state index contributed by atoms with van der Waals surface area (Å²) in [6, 6.07) is 8.76. The van der Waals surface area contributed by atoms with Gasteiger partial charge in [-0.25, -0.2) is 4.79 Å². The molecule has 0 saturated heterocycles. The van der Waals surface area contributed by atoms with Gasteiger partial charge in [0.05, 0.1) is 7.11 Å². The van der Waals surface area contributed by atoms with Crippen LogP contribution in [-0.2, 0) is 14.3 Å². The zero-order chi connectivity index (χ0) is 15.9. The lowest BCUT2D eigenvalue weighted by molar-refractivity contribution is -0.152. The number of carbonyl (C=O) groups is 2. The zero-order valence-corrected chi connectivity index (χ0v) is 12.4. The molecule has 0 bridgehead atoms. The molecule has 1 atom stereocenters. The smallest absolute Gasteiger partial charge is 0.349 e. The monoisotopic (exact) mass is 299 g/mol. The van der Waals surface area contributed by atoms with E-state index in [1.165, 1.54) is 6.08 Å². The number of rotatable bonds is 4. The van der Waals surface area contributed by atoms with Crippen molar-refractivity contribution in [2.45, 2.75) is 31.8 Å². The Kier molecular flexibility index (Phi) is 5.31. The number of Topliss-reactive ketones (excluding diaryl/α,β-unsaturated/α-hetero) is 1. The lowest BCUT2D eigenvalue weighted by Gasteiger charge is -2.20. The SMILES string of the molecule is COc1ccc(/C=C(\C#N)C(=O)O[C@H]2CCCCC2=O)cc1. The number of methoxy groups -OCH3 is 1. The van der Waals surface area contributed by atoms with Gasteiger partial charge in [-0.05, 0) is 43.0 Å². The first-order valence-corrected chi connectivity index (χ1v) is 7.13. The molecule has 114 valence electrons. The minimum absolute atomic E-state index is 0.0682. The lowest BCUT2D eigenvalue weighted by atomic mass is 9.96. The quantitative estimate of drug-likeness (QED) is 0.485. The number of hydrogen-bond acceptors (Lipinski definition) is 5. The predicted molar refractivity (Wildman–Crippen MR) is 79.9 cm³/mol. The van der Waals surface area contributed by atoms with Crippen LogP contribution in [0.1, 0.15) is 31.2 Å². The number of benzene rings is 1. The average molecular weight is 299 g/mol. The van der Waals surface area contributed by atoms with Crippen molar-refractivity contribution in [3.05, 3.63) is 35.4 Å². The van der Waals surface area contributed by atoms with Gasteiger partial charge in [0, 0.05) is 6.42 Å². The highest BCUT2D eigenvalue weighted by Crippen LogP contribution is 2.19. The molecule has 0 spiro atoms. The summed E-state index contributed by atoms with van der Waals surface area (Å²) in [5.74, 6) is -0.133. The number of esters is 1. The highest BCUT2D eigenvalue weighted by molar-refractivity contribution is 5.99. The predicted octanol–water partition coefficient (Wildman–Crippen LogP) is 2.66. The number of nitriles is 1. The van der Waals surface area contributed by atoms with E-state index >= 15 is 0 Å². The number of hydrogen-bond donors (Lipinski definition) is 0. The molecule has 0 heterocycles. The standard InChI is InChI=1S/C17H17NO4/c1-21-14-8-6-12(7-9-14)10-13(11-18)17(20)22-16-5-3-2-4-15(16)19/h6-10,16H,2-5H2,1H3/b13-10+/t16-/m0/s1. The second kappa shape index (κ2) is 7.41. The average Bonchev–Trinajstić information content (AvgIpc) is 2.55. The zero-order valence-electron chi connectivity index (χ0n) is 12.4. The van der Waals surface area contributed by atoms with Gasteiger partial charge in [-0.3, -0.25) is 4.79 Å². The Morgan fingerprint density at radius 3 is 2.64 bits per heavy atom. The molecule has 1 fully saturated rings. The molecule has 2 rings (SSSR count). The fourth-order valence-electron chi connectivity index (χ4n) is 2.27. The normalized spacial score (nSPS) is 18.5. The summed E-state index contributed by atoms with van der Waals surface area (Å²) >= 11 is 0. The van der Waals surface area contributed by atoms with E-state index in [9.17, 15) is 9.59 Å². The van der Waals surface area contributed by atoms with Crippen LogP contribution in [0.5, 0.6) is 5.75 Å². The van der Waals surface area contributed by atoms with Gasteiger partial charge in [0.25, 0.3) is 0 Å². The molecular formula is C17H17NO4. The van der Waals surface area contributed by atoms with Gasteiger partial charge in [0.1, 0.15) is 17.4 Å². The molecule has 0 N–H and O–H groups in total. The molecule has 0 amide bonds. The first-order chi connectivity index (χ1) is 10.6. The number of ketones is 1. The van der Waals surface area contributed by atoms with Crippen molar-refractivity contribution in [2.75, 3.05) is 7.11 Å². The fourth-order valence-corrected chi connectivity index (χ4v) is 2.27. The lowest BCUT2D eigenvalue weighted by Crippen LogP contribution is -2.30. The topological polar surface area (TPSA) is 76.4 Å². The Bertz CT molecular complexity index is 625. The van der Waals surface area contributed by atoms with Crippen LogP contribution >= 0.6 is 0 Å². The molecule has 0 radical (unpaired) electrons. The Morgan fingerprint density at radius 1 is 1.32 bits per heavy atom. The maximum Gasteiger partial charge on any atom is 0.349 e. The van der Waals surface area contributed by atoms with Gasteiger partial charge in [-0.2, -0.15) is 5.26 Å². The summed E-state index contributed by atoms with van der Waals surface area (Å²) in [7, 11) is 1.56. The first-order valence-electron chi connectivity index (χ1n) is 7.13. The number of ether oxygens (including phenoxy) is 2. The van der Waals surface area contributed by atoms with Crippen LogP contribution in [0.2, 0.25) is 0 Å². The molecule has 0 unspecified atom stereocenters. The second-order valence-corrected chi connectivity index (χ2v) is 5.05. The molecule has 1 aliphatic rings. The Hall–Kier alpha value is -2.61. The number of carbonyl (C=O) groups excluding carboxylic acids is 2. The molecule has 5 heteroatoms. The van der Waals surface area contributed by atoms with E-state index in [1.807, 2.05) is 6.07 Å². The van der Waals surface area contributed by atoms with E-state index < -0.39 is 12.1 Å². The van der Waals surface area contributed by atoms with Crippen LogP contribution in [0.4, 0.5) is 0 Å². The number of nitrogens with zero attached hydrogens (tertiary/aromatic N) is 1. The maximum atomic E-state index is 12.0. The van der Waals surface area contributed by atoms with Crippen molar-refractivity contribution in [2.24, 2.45) is 0 Å². The van der Waals surface area contributed by atoms with E-state index in [2.05, 4.69) is 0 Å². The summed E-state index contributed by atoms with van der Waals surface area (Å²) < 4.78 is 10.2. The van der Waals surface area contributed by atoms with Crippen molar-refractivity contribution in [1.82, 2.24) is 0 Å². The molecule has 0 aliphatic heterocycles. The molecule has 1 aromatic carbocycles. The minimum Gasteiger partial charge on any atom is -0.497 e. The molecule has 1 aliphatic carbocycles. The third-order valence-corrected chi connectivity index (χ3v) is 3.52. The largest absolute Gasteiger partial charge is 0.497 e. The van der Waals surface area contributed by atoms with Gasteiger partial charge in [-0.15, -0.1) is 0 Å². The van der Waals surface area contributed by atoms with Crippen LogP contribution < -0.4 is 4.74 Å². The Labute approximate surface area is 129 Å². The Balaban J connectivity index is 2.09. The molecule has 0 aromatic heterocycles. The van der Waals surface area contributed by atoms with Crippen molar-refractivity contribution in [3.8, 4) is 11.8 Å². The van der Waals surface area contributed by atoms with Gasteiger partial charge in [0.2, 0.25) is 0 Å². The molecule has 22 heavy (non-hydrogen) atoms. The fraction of sp³-hybridized carbons (Fsp3) is 0.353. The van der Waals surface area contributed by atoms with Crippen LogP contribution in [0.25, 0.3) is 6.08 Å². The molecule has 1 aromatic rings. The van der Waals surface area contributed by atoms with Gasteiger partial charge in [-0.1, -0.05) is 12.1 Å². The third-order valence-electron chi connectivity index (χ3n) is 3.52. The molecule has 1 saturated carbocycles. The highest BCUT2D eigenvalue weighted by Gasteiger charge is 2.27. The van der Waals surface area contributed by atoms with Crippen LogP contribution in [0.3, 0.4) is 0 Å². The van der Waals surface area contributed by atoms with E-state index in [0.29, 0.717) is 24.2 Å². The highest BCUT2D eigenvalue weighted by atomic mass is 16.5. The Morgan fingerprint density at radius 2 is 2.05 bits per heavy atom. The summed E-state index contributed by atoms with van der Waals surface area (Å²) in [5.41, 5.74) is 0.563. The van der Waals surface area contributed by atoms with Gasteiger partial charge < -0.3 is 9.47 Å². The maximum absolute atomic E-state index is 12.0. The summed E-state index contributed by atoms with van der Waals surface area (Å²) in [4.78, 5) is 23.7. The van der Waals surface area contributed by atoms with Crippen molar-refractivity contribution < 1.29 is 19.1 Å². The minimum atomic E-state index is -0.751. The van der Waals surface area contributed by atoms with Crippen molar-refractivity contribution in [1.29, 1.82) is 5.26 Å². The second-order valence-electron chi connectivity index (χ2n) is 5.05. The van der Waals surface area contributed by atoms with E-state index in [-0.39, 0.29) is 11.4 Å². The summed E-state index contributed by atoms with van der Waals surface area (Å²) in [6.45, 7) is 0. The summed E-state index contributed by atoms with van der Waals surface area (Å²) in [5, 5.41) is 9.13.